The van der Waals surface area contributed by atoms with Gasteiger partial charge >= 0.3 is 11.8 Å². The first-order valence-corrected chi connectivity index (χ1v) is 11.7. The molecule has 0 bridgehead atoms. The highest BCUT2D eigenvalue weighted by Gasteiger charge is 2.34. The highest BCUT2D eigenvalue weighted by Crippen LogP contribution is 2.35. The van der Waals surface area contributed by atoms with Crippen molar-refractivity contribution in [3.8, 4) is 5.75 Å². The van der Waals surface area contributed by atoms with Crippen LogP contribution in [0.4, 0.5) is 5.69 Å². The van der Waals surface area contributed by atoms with E-state index >= 15 is 0 Å². The predicted octanol–water partition coefficient (Wildman–Crippen LogP) is 2.78. The minimum atomic E-state index is -0.780. The van der Waals surface area contributed by atoms with Gasteiger partial charge in [0.15, 0.2) is 0 Å². The van der Waals surface area contributed by atoms with Crippen molar-refractivity contribution in [1.82, 2.24) is 19.9 Å². The van der Waals surface area contributed by atoms with E-state index in [1.54, 1.807) is 4.90 Å². The number of aromatic nitrogens is 2. The summed E-state index contributed by atoms with van der Waals surface area (Å²) in [5.41, 5.74) is 0.851. The monoisotopic (exact) mass is 481 g/mol. The van der Waals surface area contributed by atoms with Crippen LogP contribution >= 0.6 is 0 Å². The number of rotatable bonds is 6. The number of likely N-dealkylation sites (tertiary alicyclic amines) is 1. The van der Waals surface area contributed by atoms with Gasteiger partial charge in [0.2, 0.25) is 0 Å². The number of fused-ring (bicyclic) bond motifs is 1. The zero-order valence-electron chi connectivity index (χ0n) is 20.4. The maximum Gasteiger partial charge on any atom is 0.313 e. The molecule has 2 amide bonds. The second-order valence-electron chi connectivity index (χ2n) is 9.42. The van der Waals surface area contributed by atoms with Crippen LogP contribution in [0.2, 0.25) is 0 Å². The van der Waals surface area contributed by atoms with Gasteiger partial charge in [-0.05, 0) is 63.5 Å². The van der Waals surface area contributed by atoms with Gasteiger partial charge in [-0.15, -0.1) is 0 Å². The van der Waals surface area contributed by atoms with Crippen LogP contribution in [0.3, 0.4) is 0 Å². The number of benzene rings is 1. The summed E-state index contributed by atoms with van der Waals surface area (Å²) < 4.78 is 10.9. The Labute approximate surface area is 203 Å². The van der Waals surface area contributed by atoms with E-state index in [9.17, 15) is 14.4 Å². The van der Waals surface area contributed by atoms with Crippen molar-refractivity contribution >= 4 is 28.6 Å². The van der Waals surface area contributed by atoms with E-state index in [1.807, 2.05) is 38.4 Å². The lowest BCUT2D eigenvalue weighted by Crippen LogP contribution is -2.46. The molecule has 0 spiro atoms. The number of nitrogens with one attached hydrogen (secondary N) is 2. The molecule has 1 fully saturated rings. The molecule has 4 rings (SSSR count). The van der Waals surface area contributed by atoms with E-state index < -0.39 is 17.4 Å². The Hall–Kier alpha value is -3.66. The lowest BCUT2D eigenvalue weighted by Gasteiger charge is -2.38. The van der Waals surface area contributed by atoms with Crippen molar-refractivity contribution in [3.63, 3.8) is 0 Å². The Balaban J connectivity index is 1.51. The van der Waals surface area contributed by atoms with Crippen molar-refractivity contribution in [2.45, 2.75) is 38.8 Å². The van der Waals surface area contributed by atoms with Crippen LogP contribution in [0, 0.1) is 5.92 Å². The molecule has 1 aliphatic heterocycles. The quantitative estimate of drug-likeness (QED) is 0.519. The molecule has 2 N–H and O–H groups in total. The number of H-pyrrole nitrogens is 1. The number of hydrogen-bond acceptors (Lipinski definition) is 7. The van der Waals surface area contributed by atoms with Gasteiger partial charge < -0.3 is 24.4 Å². The molecule has 2 aromatic heterocycles. The highest BCUT2D eigenvalue weighted by molar-refractivity contribution is 6.39. The molecule has 10 nitrogen and oxygen atoms in total. The lowest BCUT2D eigenvalue weighted by atomic mass is 9.89. The Bertz CT molecular complexity index is 1270. The summed E-state index contributed by atoms with van der Waals surface area (Å²) in [5.74, 6) is -0.407. The summed E-state index contributed by atoms with van der Waals surface area (Å²) in [6.45, 7) is 5.17. The molecule has 3 heterocycles. The molecule has 1 aromatic carbocycles. The van der Waals surface area contributed by atoms with Gasteiger partial charge in [-0.1, -0.05) is 19.1 Å². The summed E-state index contributed by atoms with van der Waals surface area (Å²) in [6, 6.07) is 9.17. The number of nitrogens with zero attached hydrogens (tertiary/aromatic N) is 3. The SMILES string of the molecule is C[C@H]1CC[C@H](c2cccc(OC[C@H](C)N(C)C)c2)N(C(=O)C(=O)Nc2cnc3o[nH]c(=O)c3c2)C1. The van der Waals surface area contributed by atoms with E-state index in [-0.39, 0.29) is 34.8 Å². The molecule has 10 heteroatoms. The molecule has 1 aliphatic rings. The van der Waals surface area contributed by atoms with Crippen molar-refractivity contribution in [3.05, 3.63) is 52.4 Å². The third-order valence-electron chi connectivity index (χ3n) is 6.48. The highest BCUT2D eigenvalue weighted by atomic mass is 16.5. The van der Waals surface area contributed by atoms with Crippen LogP contribution in [-0.4, -0.2) is 65.0 Å². The second-order valence-corrected chi connectivity index (χ2v) is 9.42. The van der Waals surface area contributed by atoms with E-state index in [0.29, 0.717) is 13.2 Å². The van der Waals surface area contributed by atoms with E-state index in [2.05, 4.69) is 34.2 Å². The Kier molecular flexibility index (Phi) is 7.20. The van der Waals surface area contributed by atoms with Crippen molar-refractivity contribution < 1.29 is 18.8 Å². The third-order valence-corrected chi connectivity index (χ3v) is 6.48. The van der Waals surface area contributed by atoms with Gasteiger partial charge in [0.05, 0.1) is 17.9 Å². The maximum atomic E-state index is 13.3. The standard InChI is InChI=1S/C25H31N5O5/c1-15-8-9-21(17-6-5-7-19(10-17)34-14-16(2)29(3)4)30(13-15)25(33)23(32)27-18-11-20-22(31)28-35-24(20)26-12-18/h5-7,10-12,15-16,21H,8-9,13-14H2,1-4H3,(H,27,32)(H,28,31)/t15-,16-,21+/m0/s1. The van der Waals surface area contributed by atoms with Gasteiger partial charge in [0, 0.05) is 12.6 Å². The average molecular weight is 482 g/mol. The van der Waals surface area contributed by atoms with Gasteiger partial charge in [-0.3, -0.25) is 14.4 Å². The number of hydrogen-bond donors (Lipinski definition) is 2. The molecule has 0 unspecified atom stereocenters. The number of pyridine rings is 1. The van der Waals surface area contributed by atoms with Gasteiger partial charge in [0.1, 0.15) is 17.7 Å². The summed E-state index contributed by atoms with van der Waals surface area (Å²) >= 11 is 0. The van der Waals surface area contributed by atoms with Crippen molar-refractivity contribution in [1.29, 1.82) is 0 Å². The van der Waals surface area contributed by atoms with Crippen LogP contribution in [0.1, 0.15) is 38.3 Å². The Morgan fingerprint density at radius 2 is 2.11 bits per heavy atom. The van der Waals surface area contributed by atoms with Crippen LogP contribution in [-0.2, 0) is 9.59 Å². The summed E-state index contributed by atoms with van der Waals surface area (Å²) in [4.78, 5) is 45.6. The van der Waals surface area contributed by atoms with E-state index in [4.69, 9.17) is 9.26 Å². The molecular formula is C25H31N5O5. The summed E-state index contributed by atoms with van der Waals surface area (Å²) in [6.07, 6.45) is 3.04. The van der Waals surface area contributed by atoms with Crippen LogP contribution in [0.15, 0.2) is 45.8 Å². The number of amides is 2. The normalized spacial score (nSPS) is 19.1. The maximum absolute atomic E-state index is 13.3. The Morgan fingerprint density at radius 1 is 1.31 bits per heavy atom. The second kappa shape index (κ2) is 10.3. The molecule has 0 saturated carbocycles. The number of aromatic amines is 1. The predicted molar refractivity (Wildman–Crippen MR) is 131 cm³/mol. The van der Waals surface area contributed by atoms with Gasteiger partial charge in [0.25, 0.3) is 11.3 Å². The minimum absolute atomic E-state index is 0.131. The number of likely N-dealkylation sites (N-methyl/N-ethyl adjacent to an activating group) is 1. The van der Waals surface area contributed by atoms with E-state index in [1.165, 1.54) is 12.3 Å². The number of ether oxygens (including phenoxy) is 1. The zero-order chi connectivity index (χ0) is 25.1. The third kappa shape index (κ3) is 5.54. The fourth-order valence-corrected chi connectivity index (χ4v) is 4.13. The first-order chi connectivity index (χ1) is 16.7. The molecule has 186 valence electrons. The number of carbonyl (C=O) groups excluding carboxylic acids is 2. The fourth-order valence-electron chi connectivity index (χ4n) is 4.13. The first kappa shape index (κ1) is 24.5. The van der Waals surface area contributed by atoms with Crippen LogP contribution < -0.4 is 15.6 Å². The lowest BCUT2D eigenvalue weighted by molar-refractivity contribution is -0.146. The molecule has 0 radical (unpaired) electrons. The molecule has 1 saturated heterocycles. The smallest absolute Gasteiger partial charge is 0.313 e. The van der Waals surface area contributed by atoms with Crippen molar-refractivity contribution in [2.24, 2.45) is 5.92 Å². The van der Waals surface area contributed by atoms with Crippen LogP contribution in [0.5, 0.6) is 5.75 Å². The largest absolute Gasteiger partial charge is 0.492 e. The topological polar surface area (TPSA) is 121 Å². The molecule has 35 heavy (non-hydrogen) atoms. The molecule has 3 aromatic rings. The number of anilines is 1. The van der Waals surface area contributed by atoms with E-state index in [0.717, 1.165) is 24.2 Å². The van der Waals surface area contributed by atoms with Gasteiger partial charge in [-0.25, -0.2) is 4.98 Å². The molecular weight excluding hydrogens is 450 g/mol. The molecule has 3 atom stereocenters. The fraction of sp³-hybridized carbons (Fsp3) is 0.440. The first-order valence-electron chi connectivity index (χ1n) is 11.7. The van der Waals surface area contributed by atoms with Gasteiger partial charge in [-0.2, -0.15) is 5.16 Å². The summed E-state index contributed by atoms with van der Waals surface area (Å²) in [7, 11) is 4.01. The Morgan fingerprint density at radius 3 is 2.89 bits per heavy atom. The number of carbonyl (C=O) groups is 2. The minimum Gasteiger partial charge on any atom is -0.492 e. The van der Waals surface area contributed by atoms with Crippen molar-refractivity contribution in [2.75, 3.05) is 32.6 Å². The number of piperidine rings is 1. The van der Waals surface area contributed by atoms with Crippen LogP contribution in [0.25, 0.3) is 11.1 Å². The average Bonchev–Trinajstić information content (AvgIpc) is 3.22. The zero-order valence-corrected chi connectivity index (χ0v) is 20.4. The molecule has 0 aliphatic carbocycles. The summed E-state index contributed by atoms with van der Waals surface area (Å²) in [5, 5.41) is 4.96.